The molecule has 6 heteroatoms. The minimum Gasteiger partial charge on any atom is -0.457 e. The van der Waals surface area contributed by atoms with E-state index >= 15 is 0 Å². The molecule has 1 aromatic carbocycles. The van der Waals surface area contributed by atoms with Gasteiger partial charge in [0.15, 0.2) is 0 Å². The maximum absolute atomic E-state index is 11.9. The maximum atomic E-state index is 11.9. The first-order valence-electron chi connectivity index (χ1n) is 13.1. The number of aliphatic hydroxyl groups is 1. The van der Waals surface area contributed by atoms with Crippen LogP contribution in [0, 0.1) is 30.1 Å². The molecule has 2 aliphatic carbocycles. The molecule has 36 heavy (non-hydrogen) atoms. The van der Waals surface area contributed by atoms with Gasteiger partial charge in [0.2, 0.25) is 0 Å². The molecule has 0 bridgehead atoms. The SMILES string of the molecule is CC(=O)O[C@@H]1[C][C@@]2(O)[C@H](C)CC[C@@H]([C@H](C)CN3CCc4sccc4C3c3ccc(Cl)cc3)[C@H]2C=C1C. The molecule has 1 N–H and O–H groups in total. The van der Waals surface area contributed by atoms with Crippen molar-refractivity contribution in [2.24, 2.45) is 23.7 Å². The molecule has 7 atom stereocenters. The van der Waals surface area contributed by atoms with Gasteiger partial charge >= 0.3 is 5.97 Å². The van der Waals surface area contributed by atoms with E-state index in [4.69, 9.17) is 16.3 Å². The lowest BCUT2D eigenvalue weighted by Crippen LogP contribution is -2.57. The summed E-state index contributed by atoms with van der Waals surface area (Å²) in [4.78, 5) is 15.7. The Morgan fingerprint density at radius 1 is 1.31 bits per heavy atom. The number of esters is 1. The predicted octanol–water partition coefficient (Wildman–Crippen LogP) is 6.35. The van der Waals surface area contributed by atoms with Gasteiger partial charge in [-0.3, -0.25) is 9.69 Å². The Bertz CT molecular complexity index is 1130. The third-order valence-electron chi connectivity index (χ3n) is 8.66. The van der Waals surface area contributed by atoms with E-state index in [2.05, 4.69) is 54.8 Å². The van der Waals surface area contributed by atoms with Gasteiger partial charge in [-0.2, -0.15) is 0 Å². The van der Waals surface area contributed by atoms with Crippen molar-refractivity contribution < 1.29 is 14.6 Å². The number of carbonyl (C=O) groups is 1. The Labute approximate surface area is 224 Å². The molecule has 5 rings (SSSR count). The molecule has 0 spiro atoms. The van der Waals surface area contributed by atoms with Gasteiger partial charge in [0, 0.05) is 35.8 Å². The van der Waals surface area contributed by atoms with Gasteiger partial charge in [-0.05, 0) is 84.2 Å². The molecule has 1 aliphatic heterocycles. The minimum absolute atomic E-state index is 0.0291. The first-order chi connectivity index (χ1) is 17.2. The quantitative estimate of drug-likeness (QED) is 0.365. The summed E-state index contributed by atoms with van der Waals surface area (Å²) in [5.41, 5.74) is 2.56. The van der Waals surface area contributed by atoms with E-state index in [0.29, 0.717) is 11.8 Å². The summed E-state index contributed by atoms with van der Waals surface area (Å²) in [6.45, 7) is 9.80. The number of halogens is 1. The molecular weight excluding hydrogens is 490 g/mol. The normalized spacial score (nSPS) is 33.3. The average molecular weight is 526 g/mol. The minimum atomic E-state index is -1.09. The van der Waals surface area contributed by atoms with E-state index in [1.54, 1.807) is 0 Å². The number of nitrogens with zero attached hydrogens (tertiary/aromatic N) is 1. The second-order valence-corrected chi connectivity index (χ2v) is 12.5. The number of ether oxygens (including phenoxy) is 1. The summed E-state index contributed by atoms with van der Waals surface area (Å²) in [5.74, 6) is 0.390. The van der Waals surface area contributed by atoms with E-state index in [0.717, 1.165) is 42.9 Å². The van der Waals surface area contributed by atoms with Crippen molar-refractivity contribution in [3.63, 3.8) is 0 Å². The molecule has 1 unspecified atom stereocenters. The third kappa shape index (κ3) is 4.80. The summed E-state index contributed by atoms with van der Waals surface area (Å²) in [7, 11) is 0. The summed E-state index contributed by atoms with van der Waals surface area (Å²) < 4.78 is 5.49. The van der Waals surface area contributed by atoms with Gasteiger partial charge in [0.1, 0.15) is 6.10 Å². The summed E-state index contributed by atoms with van der Waals surface area (Å²) >= 11 is 8.07. The second-order valence-electron chi connectivity index (χ2n) is 11.0. The molecule has 2 radical (unpaired) electrons. The van der Waals surface area contributed by atoms with Crippen LogP contribution in [0.25, 0.3) is 0 Å². The van der Waals surface area contributed by atoms with E-state index < -0.39 is 11.7 Å². The van der Waals surface area contributed by atoms with Crippen molar-refractivity contribution in [3.05, 3.63) is 74.8 Å². The zero-order valence-electron chi connectivity index (χ0n) is 21.5. The highest BCUT2D eigenvalue weighted by molar-refractivity contribution is 7.10. The number of carbonyl (C=O) groups excluding carboxylic acids is 1. The lowest BCUT2D eigenvalue weighted by molar-refractivity contribution is -0.148. The monoisotopic (exact) mass is 525 g/mol. The zero-order chi connectivity index (χ0) is 25.6. The van der Waals surface area contributed by atoms with E-state index in [-0.39, 0.29) is 23.8 Å². The van der Waals surface area contributed by atoms with Crippen molar-refractivity contribution in [1.29, 1.82) is 0 Å². The van der Waals surface area contributed by atoms with Crippen molar-refractivity contribution >= 4 is 28.9 Å². The summed E-state index contributed by atoms with van der Waals surface area (Å²) in [6.07, 6.45) is 8.00. The van der Waals surface area contributed by atoms with E-state index in [9.17, 15) is 9.90 Å². The number of rotatable bonds is 5. The molecule has 1 fully saturated rings. The van der Waals surface area contributed by atoms with Crippen LogP contribution in [0.1, 0.15) is 62.6 Å². The van der Waals surface area contributed by atoms with Crippen LogP contribution in [-0.2, 0) is 16.0 Å². The highest BCUT2D eigenvalue weighted by Gasteiger charge is 2.53. The standard InChI is InChI=1S/C30H36ClNO3S/c1-18-15-26-24(10-5-20(3)30(26,34)16-27(18)35-21(4)33)19(2)17-32-13-11-28-25(12-14-36-28)29(32)22-6-8-23(31)9-7-22/h6-9,12,14-15,19-20,24,26-27,29,34H,5,10-11,13,17H2,1-4H3/t19-,20-,24+,26-,27-,29?,30-/m1/s1. The molecule has 2 aromatic rings. The Balaban J connectivity index is 1.41. The number of fused-ring (bicyclic) bond motifs is 2. The largest absolute Gasteiger partial charge is 0.457 e. The van der Waals surface area contributed by atoms with Gasteiger partial charge in [0.25, 0.3) is 0 Å². The lowest BCUT2D eigenvalue weighted by atomic mass is 9.57. The number of hydrogen-bond donors (Lipinski definition) is 1. The van der Waals surface area contributed by atoms with Gasteiger partial charge in [-0.15, -0.1) is 11.3 Å². The van der Waals surface area contributed by atoms with Crippen molar-refractivity contribution in [2.45, 2.75) is 64.7 Å². The van der Waals surface area contributed by atoms with Crippen LogP contribution in [-0.4, -0.2) is 40.8 Å². The van der Waals surface area contributed by atoms with Crippen LogP contribution in [0.15, 0.2) is 47.4 Å². The van der Waals surface area contributed by atoms with E-state index in [1.807, 2.05) is 30.4 Å². The number of benzene rings is 1. The third-order valence-corrected chi connectivity index (χ3v) is 9.91. The predicted molar refractivity (Wildman–Crippen MR) is 145 cm³/mol. The van der Waals surface area contributed by atoms with Crippen LogP contribution in [0.4, 0.5) is 0 Å². The van der Waals surface area contributed by atoms with Gasteiger partial charge < -0.3 is 9.84 Å². The fourth-order valence-electron chi connectivity index (χ4n) is 6.71. The van der Waals surface area contributed by atoms with Crippen LogP contribution in [0.3, 0.4) is 0 Å². The second kappa shape index (κ2) is 10.2. The Morgan fingerprint density at radius 2 is 2.06 bits per heavy atom. The Hall–Kier alpha value is -1.66. The van der Waals surface area contributed by atoms with Gasteiger partial charge in [0.05, 0.1) is 18.1 Å². The molecule has 0 amide bonds. The van der Waals surface area contributed by atoms with Crippen LogP contribution in [0.2, 0.25) is 5.02 Å². The smallest absolute Gasteiger partial charge is 0.303 e. The Kier molecular flexibility index (Phi) is 7.39. The topological polar surface area (TPSA) is 49.8 Å². The summed E-state index contributed by atoms with van der Waals surface area (Å²) in [5, 5.41) is 14.8. The van der Waals surface area contributed by atoms with Gasteiger partial charge in [-0.1, -0.05) is 43.7 Å². The molecule has 1 aromatic heterocycles. The molecule has 4 nitrogen and oxygen atoms in total. The number of hydrogen-bond acceptors (Lipinski definition) is 5. The lowest BCUT2D eigenvalue weighted by Gasteiger charge is -2.53. The van der Waals surface area contributed by atoms with Crippen LogP contribution in [0.5, 0.6) is 0 Å². The van der Waals surface area contributed by atoms with Crippen LogP contribution >= 0.6 is 22.9 Å². The highest BCUT2D eigenvalue weighted by Crippen LogP contribution is 2.51. The Morgan fingerprint density at radius 3 is 2.78 bits per heavy atom. The molecule has 192 valence electrons. The van der Waals surface area contributed by atoms with Gasteiger partial charge in [-0.25, -0.2) is 0 Å². The fraction of sp³-hybridized carbons (Fsp3) is 0.533. The van der Waals surface area contributed by atoms with Crippen LogP contribution < -0.4 is 0 Å². The van der Waals surface area contributed by atoms with E-state index in [1.165, 1.54) is 22.9 Å². The van der Waals surface area contributed by atoms with Crippen molar-refractivity contribution in [1.82, 2.24) is 4.90 Å². The highest BCUT2D eigenvalue weighted by atomic mass is 35.5. The zero-order valence-corrected chi connectivity index (χ0v) is 23.1. The van der Waals surface area contributed by atoms with Crippen molar-refractivity contribution in [2.75, 3.05) is 13.1 Å². The number of thiophene rings is 1. The molecule has 2 heterocycles. The molecule has 1 saturated carbocycles. The molecule has 0 saturated heterocycles. The maximum Gasteiger partial charge on any atom is 0.303 e. The van der Waals surface area contributed by atoms with Crippen molar-refractivity contribution in [3.8, 4) is 0 Å². The summed E-state index contributed by atoms with van der Waals surface area (Å²) in [6, 6.07) is 10.8. The first-order valence-corrected chi connectivity index (χ1v) is 14.3. The molecular formula is C30H36ClNO3S. The average Bonchev–Trinajstić information content (AvgIpc) is 3.30. The fourth-order valence-corrected chi connectivity index (χ4v) is 7.74. The first kappa shape index (κ1) is 26.0. The molecule has 3 aliphatic rings.